The summed E-state index contributed by atoms with van der Waals surface area (Å²) >= 11 is 8.49. The topological polar surface area (TPSA) is 84.1 Å². The highest BCUT2D eigenvalue weighted by molar-refractivity contribution is 7.99. The summed E-state index contributed by atoms with van der Waals surface area (Å²) in [6, 6.07) is 6.99. The zero-order valence-corrected chi connectivity index (χ0v) is 15.6. The Labute approximate surface area is 156 Å². The van der Waals surface area contributed by atoms with Gasteiger partial charge in [-0.25, -0.2) is 9.78 Å². The first-order chi connectivity index (χ1) is 12.1. The maximum absolute atomic E-state index is 12.1. The monoisotopic (exact) mass is 395 g/mol. The number of aromatic nitrogens is 2. The molecule has 0 atom stereocenters. The minimum absolute atomic E-state index is 0.160. The number of hydrogen-bond acceptors (Lipinski definition) is 6. The van der Waals surface area contributed by atoms with E-state index in [0.29, 0.717) is 20.7 Å². The number of esters is 1. The van der Waals surface area contributed by atoms with Gasteiger partial charge in [0.25, 0.3) is 0 Å². The van der Waals surface area contributed by atoms with Crippen molar-refractivity contribution in [3.8, 4) is 0 Å². The molecule has 9 heteroatoms. The number of thiophene rings is 1. The fourth-order valence-corrected chi connectivity index (χ4v) is 3.75. The van der Waals surface area contributed by atoms with Crippen LogP contribution >= 0.6 is 34.7 Å². The van der Waals surface area contributed by atoms with Crippen molar-refractivity contribution >= 4 is 62.6 Å². The van der Waals surface area contributed by atoms with Crippen molar-refractivity contribution in [1.29, 1.82) is 0 Å². The van der Waals surface area contributed by atoms with Gasteiger partial charge in [0, 0.05) is 5.02 Å². The number of fused-ring (bicyclic) bond motifs is 1. The number of hydrogen-bond donors (Lipinski definition) is 2. The van der Waals surface area contributed by atoms with Gasteiger partial charge in [0.1, 0.15) is 5.00 Å². The SMILES string of the molecule is CCOC(=O)c1ccsc1NC(=O)CSc1nc2ccc(Cl)cc2[nH]1. The summed E-state index contributed by atoms with van der Waals surface area (Å²) in [6.45, 7) is 2.02. The first-order valence-electron chi connectivity index (χ1n) is 7.39. The van der Waals surface area contributed by atoms with E-state index < -0.39 is 5.97 Å². The van der Waals surface area contributed by atoms with E-state index in [-0.39, 0.29) is 18.3 Å². The summed E-state index contributed by atoms with van der Waals surface area (Å²) in [5, 5.41) is 6.21. The molecule has 0 saturated carbocycles. The minimum atomic E-state index is -0.444. The molecule has 3 rings (SSSR count). The third kappa shape index (κ3) is 4.33. The van der Waals surface area contributed by atoms with Crippen LogP contribution in [0.4, 0.5) is 5.00 Å². The zero-order valence-electron chi connectivity index (χ0n) is 13.2. The number of nitrogens with zero attached hydrogens (tertiary/aromatic N) is 1. The van der Waals surface area contributed by atoms with E-state index in [1.54, 1.807) is 30.5 Å². The summed E-state index contributed by atoms with van der Waals surface area (Å²) in [5.74, 6) is -0.509. The zero-order chi connectivity index (χ0) is 17.8. The predicted octanol–water partition coefficient (Wildman–Crippen LogP) is 4.19. The molecule has 130 valence electrons. The second kappa shape index (κ2) is 7.90. The first-order valence-corrected chi connectivity index (χ1v) is 9.63. The number of ether oxygens (including phenoxy) is 1. The van der Waals surface area contributed by atoms with Crippen LogP contribution in [0.1, 0.15) is 17.3 Å². The molecular formula is C16H14ClN3O3S2. The summed E-state index contributed by atoms with van der Waals surface area (Å²) in [4.78, 5) is 31.5. The number of halogens is 1. The molecule has 0 radical (unpaired) electrons. The Kier molecular flexibility index (Phi) is 5.62. The molecule has 3 aromatic rings. The van der Waals surface area contributed by atoms with Gasteiger partial charge in [-0.3, -0.25) is 4.79 Å². The molecule has 2 aromatic heterocycles. The molecule has 0 aliphatic carbocycles. The summed E-state index contributed by atoms with van der Waals surface area (Å²) in [5.41, 5.74) is 1.97. The van der Waals surface area contributed by atoms with Crippen LogP contribution in [0.2, 0.25) is 5.02 Å². The molecule has 0 aliphatic rings. The van der Waals surface area contributed by atoms with Crippen molar-refractivity contribution in [2.75, 3.05) is 17.7 Å². The lowest BCUT2D eigenvalue weighted by molar-refractivity contribution is -0.113. The molecule has 1 aromatic carbocycles. The molecule has 25 heavy (non-hydrogen) atoms. The van der Waals surface area contributed by atoms with Gasteiger partial charge in [0.2, 0.25) is 5.91 Å². The van der Waals surface area contributed by atoms with Crippen LogP contribution in [-0.2, 0) is 9.53 Å². The Morgan fingerprint density at radius 3 is 3.04 bits per heavy atom. The van der Waals surface area contributed by atoms with Gasteiger partial charge in [-0.1, -0.05) is 23.4 Å². The van der Waals surface area contributed by atoms with E-state index in [4.69, 9.17) is 16.3 Å². The van der Waals surface area contributed by atoms with Crippen LogP contribution < -0.4 is 5.32 Å². The normalized spacial score (nSPS) is 10.8. The lowest BCUT2D eigenvalue weighted by Gasteiger charge is -2.05. The number of carbonyl (C=O) groups is 2. The van der Waals surface area contributed by atoms with Gasteiger partial charge in [-0.05, 0) is 36.6 Å². The summed E-state index contributed by atoms with van der Waals surface area (Å²) in [7, 11) is 0. The molecule has 0 aliphatic heterocycles. The maximum Gasteiger partial charge on any atom is 0.341 e. The number of amides is 1. The number of nitrogens with one attached hydrogen (secondary N) is 2. The predicted molar refractivity (Wildman–Crippen MR) is 101 cm³/mol. The van der Waals surface area contributed by atoms with Crippen LogP contribution in [0, 0.1) is 0 Å². The number of anilines is 1. The largest absolute Gasteiger partial charge is 0.462 e. The van der Waals surface area contributed by atoms with Crippen molar-refractivity contribution in [2.24, 2.45) is 0 Å². The lowest BCUT2D eigenvalue weighted by atomic mass is 10.3. The Balaban J connectivity index is 1.61. The Morgan fingerprint density at radius 2 is 2.24 bits per heavy atom. The van der Waals surface area contributed by atoms with Gasteiger partial charge in [-0.2, -0.15) is 0 Å². The van der Waals surface area contributed by atoms with Crippen LogP contribution in [0.3, 0.4) is 0 Å². The van der Waals surface area contributed by atoms with Crippen LogP contribution in [0.25, 0.3) is 11.0 Å². The molecule has 2 N–H and O–H groups in total. The fourth-order valence-electron chi connectivity index (χ4n) is 2.10. The van der Waals surface area contributed by atoms with E-state index >= 15 is 0 Å². The van der Waals surface area contributed by atoms with Gasteiger partial charge in [0.15, 0.2) is 5.16 Å². The van der Waals surface area contributed by atoms with E-state index in [0.717, 1.165) is 11.0 Å². The molecule has 1 amide bonds. The van der Waals surface area contributed by atoms with Crippen molar-refractivity contribution in [3.05, 3.63) is 40.2 Å². The number of thioether (sulfide) groups is 1. The molecule has 0 saturated heterocycles. The second-order valence-electron chi connectivity index (χ2n) is 4.92. The second-order valence-corrected chi connectivity index (χ2v) is 7.24. The number of rotatable bonds is 6. The van der Waals surface area contributed by atoms with Crippen LogP contribution in [-0.4, -0.2) is 34.2 Å². The van der Waals surface area contributed by atoms with E-state index in [1.165, 1.54) is 23.1 Å². The summed E-state index contributed by atoms with van der Waals surface area (Å²) < 4.78 is 4.97. The molecular weight excluding hydrogens is 382 g/mol. The van der Waals surface area contributed by atoms with Crippen molar-refractivity contribution in [1.82, 2.24) is 9.97 Å². The number of carbonyl (C=O) groups excluding carboxylic acids is 2. The number of imidazole rings is 1. The molecule has 2 heterocycles. The number of H-pyrrole nitrogens is 1. The average molecular weight is 396 g/mol. The van der Waals surface area contributed by atoms with Gasteiger partial charge in [-0.15, -0.1) is 11.3 Å². The standard InChI is InChI=1S/C16H14ClN3O3S2/c1-2-23-15(22)10-5-6-24-14(10)20-13(21)8-25-16-18-11-4-3-9(17)7-12(11)19-16/h3-7H,2,8H2,1H3,(H,18,19)(H,20,21). The van der Waals surface area contributed by atoms with Crippen molar-refractivity contribution in [3.63, 3.8) is 0 Å². The number of benzene rings is 1. The quantitative estimate of drug-likeness (QED) is 0.483. The van der Waals surface area contributed by atoms with E-state index in [1.807, 2.05) is 6.07 Å². The molecule has 0 bridgehead atoms. The Bertz CT molecular complexity index is 922. The molecule has 0 spiro atoms. The smallest absolute Gasteiger partial charge is 0.341 e. The maximum atomic E-state index is 12.1. The molecule has 0 fully saturated rings. The third-order valence-corrected chi connectivity index (χ3v) is 5.11. The highest BCUT2D eigenvalue weighted by Gasteiger charge is 2.16. The fraction of sp³-hybridized carbons (Fsp3) is 0.188. The van der Waals surface area contributed by atoms with Crippen molar-refractivity contribution < 1.29 is 14.3 Å². The van der Waals surface area contributed by atoms with Gasteiger partial charge < -0.3 is 15.0 Å². The van der Waals surface area contributed by atoms with Crippen LogP contribution in [0.15, 0.2) is 34.8 Å². The molecule has 0 unspecified atom stereocenters. The first kappa shape index (κ1) is 17.8. The number of aromatic amines is 1. The van der Waals surface area contributed by atoms with Gasteiger partial charge in [0.05, 0.1) is 29.0 Å². The minimum Gasteiger partial charge on any atom is -0.462 e. The van der Waals surface area contributed by atoms with Crippen LogP contribution in [0.5, 0.6) is 0 Å². The third-order valence-electron chi connectivity index (χ3n) is 3.18. The van der Waals surface area contributed by atoms with E-state index in [9.17, 15) is 9.59 Å². The Hall–Kier alpha value is -2.03. The highest BCUT2D eigenvalue weighted by atomic mass is 35.5. The highest BCUT2D eigenvalue weighted by Crippen LogP contribution is 2.25. The summed E-state index contributed by atoms with van der Waals surface area (Å²) in [6.07, 6.45) is 0. The van der Waals surface area contributed by atoms with Crippen molar-refractivity contribution in [2.45, 2.75) is 12.1 Å². The van der Waals surface area contributed by atoms with E-state index in [2.05, 4.69) is 15.3 Å². The van der Waals surface area contributed by atoms with Gasteiger partial charge >= 0.3 is 5.97 Å². The average Bonchev–Trinajstić information content (AvgIpc) is 3.19. The lowest BCUT2D eigenvalue weighted by Crippen LogP contribution is -2.16. The Morgan fingerprint density at radius 1 is 1.40 bits per heavy atom. The molecule has 6 nitrogen and oxygen atoms in total.